The highest BCUT2D eigenvalue weighted by molar-refractivity contribution is 6.06. The highest BCUT2D eigenvalue weighted by atomic mass is 16.1. The van der Waals surface area contributed by atoms with Gasteiger partial charge in [-0.1, -0.05) is 36.4 Å². The summed E-state index contributed by atoms with van der Waals surface area (Å²) in [6.07, 6.45) is 0. The van der Waals surface area contributed by atoms with Crippen molar-refractivity contribution in [2.75, 3.05) is 5.32 Å². The lowest BCUT2D eigenvalue weighted by Crippen LogP contribution is -2.13. The second-order valence-corrected chi connectivity index (χ2v) is 6.14. The number of benzene rings is 3. The summed E-state index contributed by atoms with van der Waals surface area (Å²) in [6, 6.07) is 20.7. The number of fused-ring (bicyclic) bond motifs is 1. The SMILES string of the molecule is Cc1c(C(=O)Nc2ccccc2)cccc1-c1ccc2[nH]c(=O)[nH]c2c1. The van der Waals surface area contributed by atoms with Gasteiger partial charge in [-0.3, -0.25) is 4.79 Å². The quantitative estimate of drug-likeness (QED) is 0.524. The van der Waals surface area contributed by atoms with Gasteiger partial charge in [0, 0.05) is 11.3 Å². The number of carbonyl (C=O) groups excluding carboxylic acids is 1. The lowest BCUT2D eigenvalue weighted by Gasteiger charge is -2.12. The maximum absolute atomic E-state index is 12.7. The number of amides is 1. The standard InChI is InChI=1S/C21H17N3O2/c1-13-16(14-10-11-18-19(12-14)24-21(26)23-18)8-5-9-17(13)20(25)22-15-6-3-2-4-7-15/h2-12H,1H3,(H,22,25)(H2,23,24,26). The molecule has 1 amide bonds. The van der Waals surface area contributed by atoms with Gasteiger partial charge in [-0.15, -0.1) is 0 Å². The normalized spacial score (nSPS) is 10.8. The van der Waals surface area contributed by atoms with Gasteiger partial charge in [0.1, 0.15) is 0 Å². The minimum Gasteiger partial charge on any atom is -0.322 e. The Balaban J connectivity index is 1.72. The van der Waals surface area contributed by atoms with Crippen molar-refractivity contribution in [2.24, 2.45) is 0 Å². The van der Waals surface area contributed by atoms with Crippen molar-refractivity contribution >= 4 is 22.6 Å². The monoisotopic (exact) mass is 343 g/mol. The van der Waals surface area contributed by atoms with Crippen LogP contribution < -0.4 is 11.0 Å². The van der Waals surface area contributed by atoms with Crippen molar-refractivity contribution in [2.45, 2.75) is 6.92 Å². The van der Waals surface area contributed by atoms with E-state index in [2.05, 4.69) is 15.3 Å². The van der Waals surface area contributed by atoms with Gasteiger partial charge < -0.3 is 15.3 Å². The largest absolute Gasteiger partial charge is 0.323 e. The first kappa shape index (κ1) is 15.9. The number of imidazole rings is 1. The molecule has 4 rings (SSSR count). The summed E-state index contributed by atoms with van der Waals surface area (Å²) in [4.78, 5) is 29.6. The van der Waals surface area contributed by atoms with E-state index in [4.69, 9.17) is 0 Å². The fourth-order valence-electron chi connectivity index (χ4n) is 3.11. The number of hydrogen-bond acceptors (Lipinski definition) is 2. The fourth-order valence-corrected chi connectivity index (χ4v) is 3.11. The lowest BCUT2D eigenvalue weighted by molar-refractivity contribution is 0.102. The van der Waals surface area contributed by atoms with E-state index in [1.807, 2.05) is 73.7 Å². The van der Waals surface area contributed by atoms with Crippen molar-refractivity contribution < 1.29 is 4.79 Å². The molecule has 0 radical (unpaired) electrons. The van der Waals surface area contributed by atoms with Gasteiger partial charge in [0.05, 0.1) is 11.0 Å². The molecular formula is C21H17N3O2. The Bertz CT molecular complexity index is 1160. The molecule has 5 heteroatoms. The Hall–Kier alpha value is -3.60. The molecule has 0 fully saturated rings. The number of aromatic nitrogens is 2. The van der Waals surface area contributed by atoms with E-state index < -0.39 is 0 Å². The highest BCUT2D eigenvalue weighted by Crippen LogP contribution is 2.28. The van der Waals surface area contributed by atoms with Crippen molar-refractivity contribution in [3.05, 3.63) is 88.3 Å². The van der Waals surface area contributed by atoms with E-state index >= 15 is 0 Å². The molecule has 0 unspecified atom stereocenters. The highest BCUT2D eigenvalue weighted by Gasteiger charge is 2.13. The first-order chi connectivity index (χ1) is 12.6. The molecule has 128 valence electrons. The summed E-state index contributed by atoms with van der Waals surface area (Å²) in [5.74, 6) is -0.147. The molecule has 1 heterocycles. The minimum absolute atomic E-state index is 0.147. The minimum atomic E-state index is -0.232. The van der Waals surface area contributed by atoms with Gasteiger partial charge in [-0.2, -0.15) is 0 Å². The predicted octanol–water partition coefficient (Wildman–Crippen LogP) is 4.08. The average Bonchev–Trinajstić information content (AvgIpc) is 3.02. The zero-order valence-corrected chi connectivity index (χ0v) is 14.2. The van der Waals surface area contributed by atoms with E-state index in [9.17, 15) is 9.59 Å². The summed E-state index contributed by atoms with van der Waals surface area (Å²) < 4.78 is 0. The van der Waals surface area contributed by atoms with Crippen LogP contribution in [0.1, 0.15) is 15.9 Å². The molecule has 0 saturated heterocycles. The first-order valence-electron chi connectivity index (χ1n) is 8.30. The zero-order chi connectivity index (χ0) is 18.1. The van der Waals surface area contributed by atoms with Gasteiger partial charge in [-0.25, -0.2) is 4.79 Å². The smallest absolute Gasteiger partial charge is 0.322 e. The molecule has 1 aromatic heterocycles. The van der Waals surface area contributed by atoms with E-state index in [-0.39, 0.29) is 11.6 Å². The van der Waals surface area contributed by atoms with E-state index in [0.29, 0.717) is 5.56 Å². The van der Waals surface area contributed by atoms with Gasteiger partial charge in [0.15, 0.2) is 0 Å². The first-order valence-corrected chi connectivity index (χ1v) is 8.30. The average molecular weight is 343 g/mol. The molecule has 26 heavy (non-hydrogen) atoms. The van der Waals surface area contributed by atoms with Crippen molar-refractivity contribution in [1.29, 1.82) is 0 Å². The number of nitrogens with one attached hydrogen (secondary N) is 3. The summed E-state index contributed by atoms with van der Waals surface area (Å²) in [5.41, 5.74) is 5.43. The van der Waals surface area contributed by atoms with Gasteiger partial charge in [0.2, 0.25) is 0 Å². The molecular weight excluding hydrogens is 326 g/mol. The molecule has 5 nitrogen and oxygen atoms in total. The van der Waals surface area contributed by atoms with Crippen LogP contribution in [0.2, 0.25) is 0 Å². The second kappa shape index (κ2) is 6.37. The molecule has 0 spiro atoms. The Morgan fingerprint density at radius 3 is 2.46 bits per heavy atom. The van der Waals surface area contributed by atoms with Gasteiger partial charge in [-0.05, 0) is 53.9 Å². The molecule has 0 aliphatic carbocycles. The zero-order valence-electron chi connectivity index (χ0n) is 14.2. The second-order valence-electron chi connectivity index (χ2n) is 6.14. The van der Waals surface area contributed by atoms with Crippen molar-refractivity contribution in [1.82, 2.24) is 9.97 Å². The number of hydrogen-bond donors (Lipinski definition) is 3. The van der Waals surface area contributed by atoms with E-state index in [1.54, 1.807) is 0 Å². The summed E-state index contributed by atoms with van der Waals surface area (Å²) in [7, 11) is 0. The molecule has 0 saturated carbocycles. The maximum atomic E-state index is 12.7. The molecule has 0 aliphatic heterocycles. The van der Waals surface area contributed by atoms with Gasteiger partial charge >= 0.3 is 5.69 Å². The molecule has 0 bridgehead atoms. The number of carbonyl (C=O) groups is 1. The number of para-hydroxylation sites is 1. The van der Waals surface area contributed by atoms with E-state index in [1.165, 1.54) is 0 Å². The number of aromatic amines is 2. The van der Waals surface area contributed by atoms with Crippen molar-refractivity contribution in [3.8, 4) is 11.1 Å². The molecule has 0 aliphatic rings. The maximum Gasteiger partial charge on any atom is 0.323 e. The third kappa shape index (κ3) is 2.91. The van der Waals surface area contributed by atoms with Crippen LogP contribution >= 0.6 is 0 Å². The van der Waals surface area contributed by atoms with Crippen molar-refractivity contribution in [3.63, 3.8) is 0 Å². The molecule has 4 aromatic rings. The van der Waals surface area contributed by atoms with E-state index in [0.717, 1.165) is 33.4 Å². The van der Waals surface area contributed by atoms with Crippen LogP contribution in [0, 0.1) is 6.92 Å². The Morgan fingerprint density at radius 2 is 1.65 bits per heavy atom. The van der Waals surface area contributed by atoms with Crippen LogP contribution in [0.25, 0.3) is 22.2 Å². The van der Waals surface area contributed by atoms with Crippen LogP contribution in [0.5, 0.6) is 0 Å². The lowest BCUT2D eigenvalue weighted by atomic mass is 9.95. The predicted molar refractivity (Wildman–Crippen MR) is 103 cm³/mol. The van der Waals surface area contributed by atoms with Crippen LogP contribution in [0.15, 0.2) is 71.5 Å². The third-order valence-corrected chi connectivity index (χ3v) is 4.44. The van der Waals surface area contributed by atoms with Crippen LogP contribution in [-0.4, -0.2) is 15.9 Å². The van der Waals surface area contributed by atoms with Crippen LogP contribution in [0.3, 0.4) is 0 Å². The van der Waals surface area contributed by atoms with Gasteiger partial charge in [0.25, 0.3) is 5.91 Å². The summed E-state index contributed by atoms with van der Waals surface area (Å²) >= 11 is 0. The van der Waals surface area contributed by atoms with Crippen LogP contribution in [0.4, 0.5) is 5.69 Å². The number of anilines is 1. The fraction of sp³-hybridized carbons (Fsp3) is 0.0476. The molecule has 0 atom stereocenters. The topological polar surface area (TPSA) is 77.8 Å². The third-order valence-electron chi connectivity index (χ3n) is 4.44. The Kier molecular flexibility index (Phi) is 3.89. The van der Waals surface area contributed by atoms with Crippen LogP contribution in [-0.2, 0) is 0 Å². The molecule has 3 N–H and O–H groups in total. The Morgan fingerprint density at radius 1 is 0.885 bits per heavy atom. The summed E-state index contributed by atoms with van der Waals surface area (Å²) in [5, 5.41) is 2.92. The molecule has 3 aromatic carbocycles. The Labute approximate surface area is 149 Å². The summed E-state index contributed by atoms with van der Waals surface area (Å²) in [6.45, 7) is 1.93. The number of rotatable bonds is 3. The number of H-pyrrole nitrogens is 2.